The second-order valence-electron chi connectivity index (χ2n) is 6.53. The number of carbonyl (C=O) groups is 2. The van der Waals surface area contributed by atoms with Crippen LogP contribution in [0.25, 0.3) is 0 Å². The third kappa shape index (κ3) is 4.51. The topological polar surface area (TPSA) is 89.9 Å². The van der Waals surface area contributed by atoms with Gasteiger partial charge >= 0.3 is 0 Å². The molecule has 0 saturated carbocycles. The number of hydrogen-bond acceptors (Lipinski definition) is 5. The van der Waals surface area contributed by atoms with E-state index in [1.807, 2.05) is 31.2 Å². The van der Waals surface area contributed by atoms with Crippen molar-refractivity contribution in [1.82, 2.24) is 14.8 Å². The van der Waals surface area contributed by atoms with Gasteiger partial charge in [-0.2, -0.15) is 0 Å². The maximum Gasteiger partial charge on any atom is 0.270 e. The number of pyridine rings is 1. The Morgan fingerprint density at radius 3 is 2.64 bits per heavy atom. The number of fused-ring (bicyclic) bond motifs is 1. The van der Waals surface area contributed by atoms with Crippen molar-refractivity contribution in [3.8, 4) is 11.5 Å². The summed E-state index contributed by atoms with van der Waals surface area (Å²) in [6, 6.07) is 8.73. The lowest BCUT2D eigenvalue weighted by Gasteiger charge is -2.30. The molecule has 0 unspecified atom stereocenters. The van der Waals surface area contributed by atoms with Crippen LogP contribution in [0, 0.1) is 6.92 Å². The molecule has 148 valence electrons. The molecule has 3 rings (SSSR count). The van der Waals surface area contributed by atoms with Crippen LogP contribution in [0.5, 0.6) is 11.5 Å². The van der Waals surface area contributed by atoms with Crippen molar-refractivity contribution < 1.29 is 19.1 Å². The van der Waals surface area contributed by atoms with Crippen molar-refractivity contribution in [1.29, 1.82) is 0 Å². The van der Waals surface area contributed by atoms with E-state index in [1.165, 1.54) is 13.2 Å². The van der Waals surface area contributed by atoms with E-state index in [4.69, 9.17) is 9.47 Å². The summed E-state index contributed by atoms with van der Waals surface area (Å²) in [5.74, 6) is 0.345. The van der Waals surface area contributed by atoms with E-state index in [0.29, 0.717) is 37.6 Å². The van der Waals surface area contributed by atoms with Gasteiger partial charge in [-0.25, -0.2) is 0 Å². The number of nitrogens with zero attached hydrogens (tertiary/aromatic N) is 2. The SMILES string of the molecule is COc1cn2c(cc1=O)C(=O)N(CCNC(=O)COc1ccc(C)cc1)CC2. The average molecular weight is 385 g/mol. The third-order valence-corrected chi connectivity index (χ3v) is 4.53. The highest BCUT2D eigenvalue weighted by molar-refractivity contribution is 5.93. The molecule has 0 spiro atoms. The van der Waals surface area contributed by atoms with E-state index in [9.17, 15) is 14.4 Å². The van der Waals surface area contributed by atoms with E-state index in [2.05, 4.69) is 5.32 Å². The fourth-order valence-electron chi connectivity index (χ4n) is 2.95. The van der Waals surface area contributed by atoms with Gasteiger partial charge in [0.15, 0.2) is 12.4 Å². The molecule has 0 bridgehead atoms. The zero-order chi connectivity index (χ0) is 20.1. The summed E-state index contributed by atoms with van der Waals surface area (Å²) in [5.41, 5.74) is 1.11. The Morgan fingerprint density at radius 1 is 1.18 bits per heavy atom. The summed E-state index contributed by atoms with van der Waals surface area (Å²) in [6.07, 6.45) is 1.55. The smallest absolute Gasteiger partial charge is 0.270 e. The van der Waals surface area contributed by atoms with Crippen LogP contribution in [0.4, 0.5) is 0 Å². The zero-order valence-electron chi connectivity index (χ0n) is 15.9. The van der Waals surface area contributed by atoms with Crippen molar-refractivity contribution >= 4 is 11.8 Å². The first-order chi connectivity index (χ1) is 13.5. The quantitative estimate of drug-likeness (QED) is 0.762. The monoisotopic (exact) mass is 385 g/mol. The van der Waals surface area contributed by atoms with Gasteiger partial charge in [0.05, 0.1) is 13.3 Å². The predicted octanol–water partition coefficient (Wildman–Crippen LogP) is 0.816. The molecular formula is C20H23N3O5. The molecule has 2 amide bonds. The summed E-state index contributed by atoms with van der Waals surface area (Å²) in [7, 11) is 1.42. The van der Waals surface area contributed by atoms with Gasteiger partial charge in [-0.05, 0) is 19.1 Å². The van der Waals surface area contributed by atoms with Crippen LogP contribution in [0.3, 0.4) is 0 Å². The molecule has 8 nitrogen and oxygen atoms in total. The lowest BCUT2D eigenvalue weighted by Crippen LogP contribution is -2.45. The van der Waals surface area contributed by atoms with Crippen LogP contribution < -0.4 is 20.2 Å². The molecule has 1 aliphatic rings. The minimum absolute atomic E-state index is 0.0883. The van der Waals surface area contributed by atoms with Gasteiger partial charge in [-0.15, -0.1) is 0 Å². The van der Waals surface area contributed by atoms with Crippen molar-refractivity contribution in [2.75, 3.05) is 33.4 Å². The number of carbonyl (C=O) groups excluding carboxylic acids is 2. The molecule has 0 atom stereocenters. The van der Waals surface area contributed by atoms with Crippen LogP contribution in [-0.2, 0) is 11.3 Å². The van der Waals surface area contributed by atoms with E-state index in [1.54, 1.807) is 15.7 Å². The summed E-state index contributed by atoms with van der Waals surface area (Å²) in [5, 5.41) is 2.74. The molecule has 1 aromatic heterocycles. The molecule has 1 N–H and O–H groups in total. The van der Waals surface area contributed by atoms with Gasteiger partial charge < -0.3 is 24.3 Å². The Labute approximate surface area is 162 Å². The molecule has 0 fully saturated rings. The standard InChI is InChI=1S/C20H23N3O5/c1-14-3-5-15(6-4-14)28-13-19(25)21-7-8-22-9-10-23-12-18(27-2)17(24)11-16(23)20(22)26/h3-6,11-12H,7-10,13H2,1-2H3,(H,21,25). The molecule has 2 heterocycles. The highest BCUT2D eigenvalue weighted by atomic mass is 16.5. The molecule has 0 saturated heterocycles. The molecule has 1 aromatic carbocycles. The number of benzene rings is 1. The van der Waals surface area contributed by atoms with Crippen molar-refractivity contribution in [2.45, 2.75) is 13.5 Å². The number of ether oxygens (including phenoxy) is 2. The van der Waals surface area contributed by atoms with Gasteiger partial charge in [-0.1, -0.05) is 17.7 Å². The zero-order valence-corrected chi connectivity index (χ0v) is 15.9. The maximum atomic E-state index is 12.6. The number of aryl methyl sites for hydroxylation is 1. The van der Waals surface area contributed by atoms with Gasteiger partial charge in [0.1, 0.15) is 11.4 Å². The number of methoxy groups -OCH3 is 1. The summed E-state index contributed by atoms with van der Waals surface area (Å²) < 4.78 is 12.1. The highest BCUT2D eigenvalue weighted by Gasteiger charge is 2.24. The molecule has 1 aliphatic heterocycles. The number of hydrogen-bond donors (Lipinski definition) is 1. The van der Waals surface area contributed by atoms with Crippen molar-refractivity contribution in [3.05, 3.63) is 58.0 Å². The number of amides is 2. The first kappa shape index (κ1) is 19.5. The molecule has 2 aromatic rings. The molecule has 0 aliphatic carbocycles. The number of rotatable bonds is 7. The lowest BCUT2D eigenvalue weighted by atomic mass is 10.2. The van der Waals surface area contributed by atoms with Gasteiger partial charge in [-0.3, -0.25) is 14.4 Å². The fraction of sp³-hybridized carbons (Fsp3) is 0.350. The number of aromatic nitrogens is 1. The largest absolute Gasteiger partial charge is 0.491 e. The average Bonchev–Trinajstić information content (AvgIpc) is 2.69. The Bertz CT molecular complexity index is 920. The minimum Gasteiger partial charge on any atom is -0.491 e. The predicted molar refractivity (Wildman–Crippen MR) is 103 cm³/mol. The highest BCUT2D eigenvalue weighted by Crippen LogP contribution is 2.14. The Balaban J connectivity index is 1.48. The van der Waals surface area contributed by atoms with Crippen molar-refractivity contribution in [2.24, 2.45) is 0 Å². The van der Waals surface area contributed by atoms with Gasteiger partial charge in [0.2, 0.25) is 5.43 Å². The van der Waals surface area contributed by atoms with E-state index in [-0.39, 0.29) is 29.6 Å². The van der Waals surface area contributed by atoms with E-state index < -0.39 is 0 Å². The molecular weight excluding hydrogens is 362 g/mol. The van der Waals surface area contributed by atoms with E-state index >= 15 is 0 Å². The second-order valence-corrected chi connectivity index (χ2v) is 6.53. The van der Waals surface area contributed by atoms with Crippen LogP contribution in [0.1, 0.15) is 16.1 Å². The first-order valence-electron chi connectivity index (χ1n) is 9.02. The third-order valence-electron chi connectivity index (χ3n) is 4.53. The Kier molecular flexibility index (Phi) is 5.98. The van der Waals surface area contributed by atoms with Crippen LogP contribution in [0.15, 0.2) is 41.3 Å². The molecule has 8 heteroatoms. The lowest BCUT2D eigenvalue weighted by molar-refractivity contribution is -0.123. The van der Waals surface area contributed by atoms with Gasteiger partial charge in [0.25, 0.3) is 11.8 Å². The summed E-state index contributed by atoms with van der Waals surface area (Å²) in [6.45, 7) is 3.60. The number of nitrogens with one attached hydrogen (secondary N) is 1. The first-order valence-corrected chi connectivity index (χ1v) is 9.02. The Hall–Kier alpha value is -3.29. The molecule has 28 heavy (non-hydrogen) atoms. The molecule has 0 radical (unpaired) electrons. The second kappa shape index (κ2) is 8.60. The van der Waals surface area contributed by atoms with Gasteiger partial charge in [0, 0.05) is 32.2 Å². The van der Waals surface area contributed by atoms with Crippen molar-refractivity contribution in [3.63, 3.8) is 0 Å². The van der Waals surface area contributed by atoms with Crippen LogP contribution in [0.2, 0.25) is 0 Å². The fourth-order valence-corrected chi connectivity index (χ4v) is 2.95. The van der Waals surface area contributed by atoms with Crippen LogP contribution >= 0.6 is 0 Å². The summed E-state index contributed by atoms with van der Waals surface area (Å²) in [4.78, 5) is 38.0. The normalized spacial score (nSPS) is 13.1. The Morgan fingerprint density at radius 2 is 1.93 bits per heavy atom. The van der Waals surface area contributed by atoms with Crippen LogP contribution in [-0.4, -0.2) is 54.6 Å². The summed E-state index contributed by atoms with van der Waals surface area (Å²) >= 11 is 0. The minimum atomic E-state index is -0.328. The maximum absolute atomic E-state index is 12.6. The van der Waals surface area contributed by atoms with E-state index in [0.717, 1.165) is 5.56 Å².